The van der Waals surface area contributed by atoms with Crippen LogP contribution >= 0.6 is 0 Å². The van der Waals surface area contributed by atoms with Gasteiger partial charge in [-0.1, -0.05) is 6.42 Å². The Balaban J connectivity index is 1.71. The predicted molar refractivity (Wildman–Crippen MR) is 71.6 cm³/mol. The first kappa shape index (κ1) is 13.4. The van der Waals surface area contributed by atoms with Crippen molar-refractivity contribution in [2.45, 2.75) is 57.1 Å². The first-order chi connectivity index (χ1) is 9.27. The van der Waals surface area contributed by atoms with Crippen LogP contribution in [0.1, 0.15) is 44.9 Å². The Morgan fingerprint density at radius 2 is 2.00 bits per heavy atom. The summed E-state index contributed by atoms with van der Waals surface area (Å²) < 4.78 is 5.35. The summed E-state index contributed by atoms with van der Waals surface area (Å²) in [5.74, 6) is 0.659. The van der Waals surface area contributed by atoms with Crippen molar-refractivity contribution in [2.75, 3.05) is 19.8 Å². The van der Waals surface area contributed by atoms with Crippen molar-refractivity contribution in [1.29, 1.82) is 0 Å². The predicted octanol–water partition coefficient (Wildman–Crippen LogP) is 1.56. The third-order valence-corrected chi connectivity index (χ3v) is 5.14. The summed E-state index contributed by atoms with van der Waals surface area (Å²) in [6.45, 7) is 2.19. The smallest absolute Gasteiger partial charge is 0.228 e. The van der Waals surface area contributed by atoms with E-state index in [0.29, 0.717) is 12.5 Å². The highest BCUT2D eigenvalue weighted by Crippen LogP contribution is 2.36. The number of ether oxygens (including phenoxy) is 1. The normalized spacial score (nSPS) is 39.7. The fraction of sp³-hybridized carbons (Fsp3) is 0.933. The number of hydrogen-bond donors (Lipinski definition) is 1. The number of rotatable bonds is 2. The van der Waals surface area contributed by atoms with Gasteiger partial charge in [-0.05, 0) is 38.5 Å². The van der Waals surface area contributed by atoms with Crippen LogP contribution in [0.4, 0.5) is 0 Å². The fourth-order valence-corrected chi connectivity index (χ4v) is 4.06. The van der Waals surface area contributed by atoms with Crippen LogP contribution in [-0.4, -0.2) is 47.8 Å². The van der Waals surface area contributed by atoms with Gasteiger partial charge in [0.05, 0.1) is 18.6 Å². The van der Waals surface area contributed by atoms with Gasteiger partial charge in [0.25, 0.3) is 0 Å². The molecule has 0 bridgehead atoms. The van der Waals surface area contributed by atoms with Gasteiger partial charge in [0.15, 0.2) is 0 Å². The second-order valence-corrected chi connectivity index (χ2v) is 6.32. The van der Waals surface area contributed by atoms with Crippen molar-refractivity contribution in [3.05, 3.63) is 0 Å². The van der Waals surface area contributed by atoms with Crippen LogP contribution in [0.3, 0.4) is 0 Å². The van der Waals surface area contributed by atoms with Gasteiger partial charge in [0.2, 0.25) is 5.91 Å². The molecule has 0 aromatic heterocycles. The molecule has 3 fully saturated rings. The third-order valence-electron chi connectivity index (χ3n) is 5.14. The summed E-state index contributed by atoms with van der Waals surface area (Å²) in [6.07, 6.45) is 7.15. The van der Waals surface area contributed by atoms with Crippen LogP contribution in [0.15, 0.2) is 0 Å². The molecule has 0 aromatic carbocycles. The van der Waals surface area contributed by atoms with Crippen LogP contribution in [0.2, 0.25) is 0 Å². The minimum Gasteiger partial charge on any atom is -0.393 e. The van der Waals surface area contributed by atoms with Crippen molar-refractivity contribution in [3.8, 4) is 0 Å². The maximum atomic E-state index is 12.6. The average Bonchev–Trinajstić information content (AvgIpc) is 3.09. The maximum Gasteiger partial charge on any atom is 0.228 e. The summed E-state index contributed by atoms with van der Waals surface area (Å²) in [7, 11) is 0. The van der Waals surface area contributed by atoms with Crippen LogP contribution in [0, 0.1) is 11.8 Å². The topological polar surface area (TPSA) is 49.8 Å². The number of carbonyl (C=O) groups excluding carboxylic acids is 1. The summed E-state index contributed by atoms with van der Waals surface area (Å²) in [5.41, 5.74) is 0. The molecule has 0 spiro atoms. The number of likely N-dealkylation sites (tertiary alicyclic amines) is 1. The molecule has 1 aliphatic carbocycles. The quantitative estimate of drug-likeness (QED) is 0.826. The number of piperidine rings is 1. The number of nitrogens with zero attached hydrogens (tertiary/aromatic N) is 1. The lowest BCUT2D eigenvalue weighted by Crippen LogP contribution is -2.51. The van der Waals surface area contributed by atoms with Gasteiger partial charge in [-0.25, -0.2) is 0 Å². The lowest BCUT2D eigenvalue weighted by Gasteiger charge is -2.41. The largest absolute Gasteiger partial charge is 0.393 e. The molecule has 0 radical (unpaired) electrons. The molecule has 4 nitrogen and oxygen atoms in total. The standard InChI is InChI=1S/C15H25NO3/c17-14-6-3-4-12(14)13-5-1-2-8-16(13)15(18)11-7-9-19-10-11/h11-14,17H,1-10H2. The molecule has 1 amide bonds. The van der Waals surface area contributed by atoms with E-state index in [-0.39, 0.29) is 24.0 Å². The molecule has 4 heteroatoms. The molecule has 0 aromatic rings. The van der Waals surface area contributed by atoms with Crippen molar-refractivity contribution < 1.29 is 14.6 Å². The zero-order chi connectivity index (χ0) is 13.2. The van der Waals surface area contributed by atoms with Gasteiger partial charge in [-0.2, -0.15) is 0 Å². The number of aliphatic hydroxyl groups is 1. The molecule has 3 rings (SSSR count). The molecule has 1 saturated carbocycles. The highest BCUT2D eigenvalue weighted by atomic mass is 16.5. The minimum absolute atomic E-state index is 0.0687. The summed E-state index contributed by atoms with van der Waals surface area (Å²) in [5, 5.41) is 10.1. The zero-order valence-corrected chi connectivity index (χ0v) is 11.6. The number of aliphatic hydroxyl groups excluding tert-OH is 1. The molecule has 4 unspecified atom stereocenters. The van der Waals surface area contributed by atoms with Crippen LogP contribution in [0.25, 0.3) is 0 Å². The van der Waals surface area contributed by atoms with E-state index in [1.165, 1.54) is 6.42 Å². The van der Waals surface area contributed by atoms with Crippen molar-refractivity contribution in [2.24, 2.45) is 11.8 Å². The van der Waals surface area contributed by atoms with E-state index < -0.39 is 0 Å². The zero-order valence-electron chi connectivity index (χ0n) is 11.6. The molecule has 1 N–H and O–H groups in total. The van der Waals surface area contributed by atoms with Crippen LogP contribution < -0.4 is 0 Å². The third kappa shape index (κ3) is 2.65. The van der Waals surface area contributed by atoms with Gasteiger partial charge < -0.3 is 14.7 Å². The summed E-state index contributed by atoms with van der Waals surface area (Å²) in [6, 6.07) is 0.277. The highest BCUT2D eigenvalue weighted by molar-refractivity contribution is 5.79. The number of carbonyl (C=O) groups is 1. The molecule has 108 valence electrons. The van der Waals surface area contributed by atoms with Crippen molar-refractivity contribution in [3.63, 3.8) is 0 Å². The van der Waals surface area contributed by atoms with Gasteiger partial charge in [-0.15, -0.1) is 0 Å². The Bertz CT molecular complexity index is 327. The Labute approximate surface area is 115 Å². The van der Waals surface area contributed by atoms with E-state index in [2.05, 4.69) is 4.90 Å². The first-order valence-electron chi connectivity index (χ1n) is 7.83. The van der Waals surface area contributed by atoms with Gasteiger partial charge in [-0.3, -0.25) is 4.79 Å². The number of amides is 1. The average molecular weight is 267 g/mol. The SMILES string of the molecule is O=C(C1CCOC1)N1CCCCC1C1CCCC1O. The Kier molecular flexibility index (Phi) is 4.08. The van der Waals surface area contributed by atoms with E-state index in [0.717, 1.165) is 51.7 Å². The fourth-order valence-electron chi connectivity index (χ4n) is 4.06. The van der Waals surface area contributed by atoms with E-state index in [4.69, 9.17) is 4.74 Å². The molecule has 2 heterocycles. The second kappa shape index (κ2) is 5.80. The monoisotopic (exact) mass is 267 g/mol. The lowest BCUT2D eigenvalue weighted by atomic mass is 9.87. The molecular weight excluding hydrogens is 242 g/mol. The van der Waals surface area contributed by atoms with Crippen molar-refractivity contribution >= 4 is 5.91 Å². The Morgan fingerprint density at radius 3 is 2.68 bits per heavy atom. The van der Waals surface area contributed by atoms with Gasteiger partial charge in [0, 0.05) is 25.1 Å². The lowest BCUT2D eigenvalue weighted by molar-refractivity contribution is -0.141. The molecule has 2 aliphatic heterocycles. The number of hydrogen-bond acceptors (Lipinski definition) is 3. The van der Waals surface area contributed by atoms with Crippen LogP contribution in [0.5, 0.6) is 0 Å². The molecule has 3 aliphatic rings. The van der Waals surface area contributed by atoms with Crippen LogP contribution in [-0.2, 0) is 9.53 Å². The molecular formula is C15H25NO3. The Hall–Kier alpha value is -0.610. The van der Waals surface area contributed by atoms with Gasteiger partial charge >= 0.3 is 0 Å². The first-order valence-corrected chi connectivity index (χ1v) is 7.83. The minimum atomic E-state index is -0.196. The highest BCUT2D eigenvalue weighted by Gasteiger charge is 2.40. The van der Waals surface area contributed by atoms with Gasteiger partial charge in [0.1, 0.15) is 0 Å². The maximum absolute atomic E-state index is 12.6. The summed E-state index contributed by atoms with van der Waals surface area (Å²) >= 11 is 0. The Morgan fingerprint density at radius 1 is 1.11 bits per heavy atom. The molecule has 4 atom stereocenters. The summed E-state index contributed by atoms with van der Waals surface area (Å²) in [4.78, 5) is 14.7. The molecule has 19 heavy (non-hydrogen) atoms. The molecule has 2 saturated heterocycles. The van der Waals surface area contributed by atoms with E-state index in [1.54, 1.807) is 0 Å². The van der Waals surface area contributed by atoms with Crippen molar-refractivity contribution in [1.82, 2.24) is 4.90 Å². The van der Waals surface area contributed by atoms with E-state index in [1.807, 2.05) is 0 Å². The second-order valence-electron chi connectivity index (χ2n) is 6.32. The van der Waals surface area contributed by atoms with E-state index >= 15 is 0 Å². The van der Waals surface area contributed by atoms with E-state index in [9.17, 15) is 9.90 Å².